The van der Waals surface area contributed by atoms with Gasteiger partial charge in [0.1, 0.15) is 0 Å². The lowest BCUT2D eigenvalue weighted by atomic mass is 9.43. The van der Waals surface area contributed by atoms with E-state index >= 15 is 0 Å². The first-order valence-corrected chi connectivity index (χ1v) is 9.13. The van der Waals surface area contributed by atoms with Gasteiger partial charge in [0.05, 0.1) is 13.2 Å². The van der Waals surface area contributed by atoms with Gasteiger partial charge in [-0.25, -0.2) is 4.79 Å². The Balaban J connectivity index is 1.97. The number of carbonyl (C=O) groups is 1. The van der Waals surface area contributed by atoms with E-state index < -0.39 is 0 Å². The number of hydrogen-bond donors (Lipinski definition) is 1. The molecular formula is C20H32O3. The lowest BCUT2D eigenvalue weighted by molar-refractivity contribution is -0.157. The summed E-state index contributed by atoms with van der Waals surface area (Å²) in [5, 5.41) is 10.5. The van der Waals surface area contributed by atoms with Crippen LogP contribution in [0.3, 0.4) is 0 Å². The van der Waals surface area contributed by atoms with Gasteiger partial charge in [-0.2, -0.15) is 0 Å². The number of carbonyl (C=O) groups excluding carboxylic acids is 1. The summed E-state index contributed by atoms with van der Waals surface area (Å²) >= 11 is 0. The highest BCUT2D eigenvalue weighted by atomic mass is 16.5. The van der Waals surface area contributed by atoms with Crippen molar-refractivity contribution in [1.82, 2.24) is 0 Å². The second-order valence-corrected chi connectivity index (χ2v) is 9.17. The molecule has 0 heterocycles. The topological polar surface area (TPSA) is 46.5 Å². The van der Waals surface area contributed by atoms with Crippen LogP contribution in [0.5, 0.6) is 0 Å². The summed E-state index contributed by atoms with van der Waals surface area (Å²) in [6, 6.07) is 0. The predicted molar refractivity (Wildman–Crippen MR) is 90.8 cm³/mol. The van der Waals surface area contributed by atoms with E-state index in [1.165, 1.54) is 19.1 Å². The SMILES string of the molecule is COC(=O)/C=C1\CC[C@@H]2[C@@]3(C)CC[C@H](O)C(C)(C)[C@@H]3CC[C@@]12C. The Morgan fingerprint density at radius 3 is 2.48 bits per heavy atom. The van der Waals surface area contributed by atoms with Gasteiger partial charge in [0.15, 0.2) is 0 Å². The zero-order valence-corrected chi connectivity index (χ0v) is 15.3. The van der Waals surface area contributed by atoms with Crippen molar-refractivity contribution in [3.05, 3.63) is 11.6 Å². The van der Waals surface area contributed by atoms with Gasteiger partial charge in [-0.1, -0.05) is 33.3 Å². The number of rotatable bonds is 1. The molecule has 0 bridgehead atoms. The molecule has 0 aromatic rings. The zero-order valence-electron chi connectivity index (χ0n) is 15.3. The smallest absolute Gasteiger partial charge is 0.330 e. The number of fused-ring (bicyclic) bond motifs is 3. The fraction of sp³-hybridized carbons (Fsp3) is 0.850. The van der Waals surface area contributed by atoms with Crippen LogP contribution in [-0.2, 0) is 9.53 Å². The third-order valence-corrected chi connectivity index (χ3v) is 7.96. The molecule has 3 nitrogen and oxygen atoms in total. The molecule has 23 heavy (non-hydrogen) atoms. The maximum absolute atomic E-state index is 11.8. The fourth-order valence-electron chi connectivity index (χ4n) is 6.60. The minimum Gasteiger partial charge on any atom is -0.466 e. The Morgan fingerprint density at radius 2 is 1.83 bits per heavy atom. The van der Waals surface area contributed by atoms with E-state index in [4.69, 9.17) is 4.74 Å². The molecule has 3 rings (SSSR count). The highest BCUT2D eigenvalue weighted by Gasteiger charge is 2.62. The highest BCUT2D eigenvalue weighted by Crippen LogP contribution is 2.69. The molecule has 0 amide bonds. The summed E-state index contributed by atoms with van der Waals surface area (Å²) in [6.07, 6.45) is 8.03. The molecule has 0 saturated heterocycles. The maximum Gasteiger partial charge on any atom is 0.330 e. The van der Waals surface area contributed by atoms with Gasteiger partial charge >= 0.3 is 5.97 Å². The lowest BCUT2D eigenvalue weighted by Gasteiger charge is -2.62. The Bertz CT molecular complexity index is 535. The van der Waals surface area contributed by atoms with E-state index in [2.05, 4.69) is 27.7 Å². The molecule has 0 radical (unpaired) electrons. The summed E-state index contributed by atoms with van der Waals surface area (Å²) in [5.41, 5.74) is 1.67. The molecule has 3 aliphatic carbocycles. The molecule has 3 heteroatoms. The first kappa shape index (κ1) is 17.0. The standard InChI is InChI=1S/C20H32O3/c1-18(2)14-8-10-19(3)13(12-17(22)23-5)6-7-15(19)20(14,4)11-9-16(18)21/h12,14-16,21H,6-11H2,1-5H3/b13-12+/t14-,15-,16-,19-,20-/m0/s1. The predicted octanol–water partition coefficient (Wildman–Crippen LogP) is 4.10. The number of ether oxygens (including phenoxy) is 1. The first-order chi connectivity index (χ1) is 10.7. The minimum atomic E-state index is -0.214. The first-order valence-electron chi connectivity index (χ1n) is 9.13. The van der Waals surface area contributed by atoms with Crippen LogP contribution >= 0.6 is 0 Å². The van der Waals surface area contributed by atoms with Gasteiger partial charge in [-0.3, -0.25) is 0 Å². The van der Waals surface area contributed by atoms with Gasteiger partial charge in [0.25, 0.3) is 0 Å². The van der Waals surface area contributed by atoms with Crippen molar-refractivity contribution in [2.75, 3.05) is 7.11 Å². The molecule has 0 unspecified atom stereocenters. The quantitative estimate of drug-likeness (QED) is 0.584. The van der Waals surface area contributed by atoms with Gasteiger partial charge in [-0.15, -0.1) is 0 Å². The van der Waals surface area contributed by atoms with Gasteiger partial charge in [0.2, 0.25) is 0 Å². The van der Waals surface area contributed by atoms with Crippen LogP contribution in [0.1, 0.15) is 66.2 Å². The summed E-state index contributed by atoms with van der Waals surface area (Å²) < 4.78 is 4.87. The summed E-state index contributed by atoms with van der Waals surface area (Å²) in [6.45, 7) is 9.32. The summed E-state index contributed by atoms with van der Waals surface area (Å²) in [4.78, 5) is 11.8. The van der Waals surface area contributed by atoms with Crippen molar-refractivity contribution in [2.24, 2.45) is 28.1 Å². The number of esters is 1. The highest BCUT2D eigenvalue weighted by molar-refractivity contribution is 5.83. The van der Waals surface area contributed by atoms with Crippen LogP contribution in [0.4, 0.5) is 0 Å². The van der Waals surface area contributed by atoms with Gasteiger partial charge in [-0.05, 0) is 66.6 Å². The Morgan fingerprint density at radius 1 is 1.13 bits per heavy atom. The largest absolute Gasteiger partial charge is 0.466 e. The molecule has 3 saturated carbocycles. The number of aliphatic hydroxyl groups excluding tert-OH is 1. The van der Waals surface area contributed by atoms with Crippen molar-refractivity contribution in [1.29, 1.82) is 0 Å². The van der Waals surface area contributed by atoms with Crippen LogP contribution in [0, 0.1) is 28.1 Å². The van der Waals surface area contributed by atoms with Crippen molar-refractivity contribution in [3.8, 4) is 0 Å². The minimum absolute atomic E-state index is 0.0108. The third kappa shape index (κ3) is 2.30. The van der Waals surface area contributed by atoms with Crippen LogP contribution in [0.15, 0.2) is 11.6 Å². The molecule has 0 aromatic heterocycles. The van der Waals surface area contributed by atoms with Crippen molar-refractivity contribution >= 4 is 5.97 Å². The fourth-order valence-corrected chi connectivity index (χ4v) is 6.60. The molecule has 3 aliphatic rings. The molecular weight excluding hydrogens is 288 g/mol. The van der Waals surface area contributed by atoms with Crippen molar-refractivity contribution < 1.29 is 14.6 Å². The molecule has 0 aliphatic heterocycles. The molecule has 1 N–H and O–H groups in total. The van der Waals surface area contributed by atoms with E-state index in [1.54, 1.807) is 6.08 Å². The maximum atomic E-state index is 11.8. The van der Waals surface area contributed by atoms with Crippen LogP contribution < -0.4 is 0 Å². The Kier molecular flexibility index (Phi) is 3.95. The number of methoxy groups -OCH3 is 1. The lowest BCUT2D eigenvalue weighted by Crippen LogP contribution is -2.57. The average molecular weight is 320 g/mol. The molecule has 0 aromatic carbocycles. The second kappa shape index (κ2) is 5.34. The molecule has 5 atom stereocenters. The molecule has 130 valence electrons. The second-order valence-electron chi connectivity index (χ2n) is 9.17. The monoisotopic (exact) mass is 320 g/mol. The summed E-state index contributed by atoms with van der Waals surface area (Å²) in [5.74, 6) is 0.958. The van der Waals surface area contributed by atoms with Gasteiger partial charge < -0.3 is 9.84 Å². The van der Waals surface area contributed by atoms with E-state index in [-0.39, 0.29) is 28.3 Å². The zero-order chi connectivity index (χ0) is 17.0. The van der Waals surface area contributed by atoms with Crippen LogP contribution in [0.2, 0.25) is 0 Å². The average Bonchev–Trinajstić information content (AvgIpc) is 2.81. The van der Waals surface area contributed by atoms with Gasteiger partial charge in [0, 0.05) is 6.08 Å². The Labute approximate surface area is 140 Å². The van der Waals surface area contributed by atoms with Crippen molar-refractivity contribution in [2.45, 2.75) is 72.3 Å². The van der Waals surface area contributed by atoms with Crippen LogP contribution in [-0.4, -0.2) is 24.3 Å². The Hall–Kier alpha value is -0.830. The van der Waals surface area contributed by atoms with E-state index in [9.17, 15) is 9.90 Å². The third-order valence-electron chi connectivity index (χ3n) is 7.96. The molecule has 0 spiro atoms. The summed E-state index contributed by atoms with van der Waals surface area (Å²) in [7, 11) is 1.46. The number of hydrogen-bond acceptors (Lipinski definition) is 3. The number of allylic oxidation sites excluding steroid dienone is 1. The van der Waals surface area contributed by atoms with E-state index in [0.29, 0.717) is 11.8 Å². The van der Waals surface area contributed by atoms with E-state index in [1.807, 2.05) is 0 Å². The van der Waals surface area contributed by atoms with Crippen LogP contribution in [0.25, 0.3) is 0 Å². The number of aliphatic hydroxyl groups is 1. The van der Waals surface area contributed by atoms with E-state index in [0.717, 1.165) is 32.1 Å². The van der Waals surface area contributed by atoms with Crippen molar-refractivity contribution in [3.63, 3.8) is 0 Å². The molecule has 3 fully saturated rings. The normalized spacial score (nSPS) is 47.0.